The summed E-state index contributed by atoms with van der Waals surface area (Å²) in [5, 5.41) is 3.53. The second-order valence-electron chi connectivity index (χ2n) is 5.10. The summed E-state index contributed by atoms with van der Waals surface area (Å²) in [5.74, 6) is 0. The van der Waals surface area contributed by atoms with Crippen LogP contribution in [0.5, 0.6) is 0 Å². The van der Waals surface area contributed by atoms with Gasteiger partial charge in [0.2, 0.25) is 0 Å². The van der Waals surface area contributed by atoms with Crippen LogP contribution in [0.2, 0.25) is 0 Å². The summed E-state index contributed by atoms with van der Waals surface area (Å²) >= 11 is 0. The molecule has 2 saturated heterocycles. The first-order valence-corrected chi connectivity index (χ1v) is 7.00. The number of nitrogens with zero attached hydrogens (tertiary/aromatic N) is 1. The van der Waals surface area contributed by atoms with Crippen molar-refractivity contribution in [3.63, 3.8) is 0 Å². The molecule has 2 heterocycles. The minimum absolute atomic E-state index is 0.487. The molecule has 1 unspecified atom stereocenters. The lowest BCUT2D eigenvalue weighted by Crippen LogP contribution is -2.33. The molecule has 2 rings (SSSR count). The Morgan fingerprint density at radius 1 is 1.12 bits per heavy atom. The van der Waals surface area contributed by atoms with Crippen molar-refractivity contribution in [2.75, 3.05) is 39.3 Å². The molecule has 0 saturated carbocycles. The molecule has 2 aliphatic rings. The smallest absolute Gasteiger partial charge is 0.0699 e. The third kappa shape index (κ3) is 4.40. The molecule has 3 heteroatoms. The number of hydrogen-bond donors (Lipinski definition) is 1. The van der Waals surface area contributed by atoms with E-state index in [1.807, 2.05) is 0 Å². The number of rotatable bonds is 6. The van der Waals surface area contributed by atoms with Gasteiger partial charge in [-0.3, -0.25) is 0 Å². The molecular formula is C13H26N2O. The molecule has 1 atom stereocenters. The van der Waals surface area contributed by atoms with Crippen LogP contribution in [0.1, 0.15) is 38.5 Å². The summed E-state index contributed by atoms with van der Waals surface area (Å²) in [6.07, 6.45) is 8.44. The van der Waals surface area contributed by atoms with E-state index >= 15 is 0 Å². The number of nitrogens with one attached hydrogen (secondary N) is 1. The van der Waals surface area contributed by atoms with E-state index in [4.69, 9.17) is 4.74 Å². The molecule has 0 spiro atoms. The van der Waals surface area contributed by atoms with Crippen LogP contribution in [0.4, 0.5) is 0 Å². The fourth-order valence-electron chi connectivity index (χ4n) is 2.67. The van der Waals surface area contributed by atoms with E-state index in [0.717, 1.165) is 19.7 Å². The molecular weight excluding hydrogens is 200 g/mol. The predicted molar refractivity (Wildman–Crippen MR) is 66.8 cm³/mol. The van der Waals surface area contributed by atoms with E-state index < -0.39 is 0 Å². The van der Waals surface area contributed by atoms with Crippen LogP contribution in [-0.4, -0.2) is 50.3 Å². The molecule has 0 bridgehead atoms. The van der Waals surface area contributed by atoms with Crippen LogP contribution in [0.3, 0.4) is 0 Å². The van der Waals surface area contributed by atoms with Gasteiger partial charge in [-0.2, -0.15) is 0 Å². The highest BCUT2D eigenvalue weighted by molar-refractivity contribution is 4.68. The highest BCUT2D eigenvalue weighted by atomic mass is 16.5. The van der Waals surface area contributed by atoms with Crippen molar-refractivity contribution in [3.8, 4) is 0 Å². The Kier molecular flexibility index (Phi) is 5.59. The fourth-order valence-corrected chi connectivity index (χ4v) is 2.67. The average Bonchev–Trinajstić information content (AvgIpc) is 2.83. The van der Waals surface area contributed by atoms with Gasteiger partial charge in [-0.05, 0) is 64.7 Å². The van der Waals surface area contributed by atoms with Gasteiger partial charge in [0.1, 0.15) is 0 Å². The first kappa shape index (κ1) is 12.3. The third-order valence-electron chi connectivity index (χ3n) is 3.67. The highest BCUT2D eigenvalue weighted by Crippen LogP contribution is 2.11. The normalized spacial score (nSPS) is 27.4. The molecule has 0 aromatic rings. The van der Waals surface area contributed by atoms with E-state index in [-0.39, 0.29) is 0 Å². The standard InChI is InChI=1S/C13H26N2O/c1-4-11-16-13(6-1)12-14-7-5-10-15-8-2-3-9-15/h13-14H,1-12H2. The molecule has 0 aromatic heterocycles. The SMILES string of the molecule is C1CCC(CNCCCN2CCCC2)OC1. The third-order valence-corrected chi connectivity index (χ3v) is 3.67. The van der Waals surface area contributed by atoms with Crippen LogP contribution in [0.15, 0.2) is 0 Å². The van der Waals surface area contributed by atoms with Crippen LogP contribution in [0, 0.1) is 0 Å². The van der Waals surface area contributed by atoms with Gasteiger partial charge in [0.15, 0.2) is 0 Å². The summed E-state index contributed by atoms with van der Waals surface area (Å²) in [6.45, 7) is 7.10. The second-order valence-corrected chi connectivity index (χ2v) is 5.10. The van der Waals surface area contributed by atoms with Crippen LogP contribution >= 0.6 is 0 Å². The summed E-state index contributed by atoms with van der Waals surface area (Å²) < 4.78 is 5.69. The van der Waals surface area contributed by atoms with Crippen molar-refractivity contribution in [2.24, 2.45) is 0 Å². The lowest BCUT2D eigenvalue weighted by molar-refractivity contribution is 0.0170. The lowest BCUT2D eigenvalue weighted by atomic mass is 10.1. The van der Waals surface area contributed by atoms with Gasteiger partial charge in [0, 0.05) is 13.2 Å². The van der Waals surface area contributed by atoms with E-state index in [2.05, 4.69) is 10.2 Å². The maximum Gasteiger partial charge on any atom is 0.0699 e. The van der Waals surface area contributed by atoms with Gasteiger partial charge in [-0.1, -0.05) is 0 Å². The first-order chi connectivity index (χ1) is 7.95. The Morgan fingerprint density at radius 3 is 2.75 bits per heavy atom. The topological polar surface area (TPSA) is 24.5 Å². The van der Waals surface area contributed by atoms with Gasteiger partial charge in [-0.15, -0.1) is 0 Å². The predicted octanol–water partition coefficient (Wildman–Crippen LogP) is 1.63. The molecule has 16 heavy (non-hydrogen) atoms. The Balaban J connectivity index is 1.42. The zero-order valence-corrected chi connectivity index (χ0v) is 10.4. The maximum absolute atomic E-state index is 5.69. The minimum Gasteiger partial charge on any atom is -0.377 e. The highest BCUT2D eigenvalue weighted by Gasteiger charge is 2.13. The van der Waals surface area contributed by atoms with Crippen LogP contribution in [-0.2, 0) is 4.74 Å². The Hall–Kier alpha value is -0.120. The van der Waals surface area contributed by atoms with Gasteiger partial charge in [0.25, 0.3) is 0 Å². The van der Waals surface area contributed by atoms with Gasteiger partial charge in [-0.25, -0.2) is 0 Å². The molecule has 2 fully saturated rings. The van der Waals surface area contributed by atoms with Crippen molar-refractivity contribution in [1.29, 1.82) is 0 Å². The van der Waals surface area contributed by atoms with Crippen LogP contribution < -0.4 is 5.32 Å². The molecule has 1 N–H and O–H groups in total. The summed E-state index contributed by atoms with van der Waals surface area (Å²) in [4.78, 5) is 2.58. The zero-order chi connectivity index (χ0) is 11.1. The molecule has 2 aliphatic heterocycles. The summed E-state index contributed by atoms with van der Waals surface area (Å²) in [5.41, 5.74) is 0. The van der Waals surface area contributed by atoms with E-state index in [1.165, 1.54) is 58.2 Å². The first-order valence-electron chi connectivity index (χ1n) is 7.00. The number of hydrogen-bond acceptors (Lipinski definition) is 3. The lowest BCUT2D eigenvalue weighted by Gasteiger charge is -2.23. The zero-order valence-electron chi connectivity index (χ0n) is 10.4. The minimum atomic E-state index is 0.487. The van der Waals surface area contributed by atoms with Gasteiger partial charge < -0.3 is 15.0 Å². The largest absolute Gasteiger partial charge is 0.377 e. The van der Waals surface area contributed by atoms with Crippen molar-refractivity contribution < 1.29 is 4.74 Å². The number of ether oxygens (including phenoxy) is 1. The van der Waals surface area contributed by atoms with Crippen molar-refractivity contribution in [3.05, 3.63) is 0 Å². The Morgan fingerprint density at radius 2 is 2.00 bits per heavy atom. The van der Waals surface area contributed by atoms with E-state index in [1.54, 1.807) is 0 Å². The van der Waals surface area contributed by atoms with Crippen LogP contribution in [0.25, 0.3) is 0 Å². The van der Waals surface area contributed by atoms with Gasteiger partial charge >= 0.3 is 0 Å². The summed E-state index contributed by atoms with van der Waals surface area (Å²) in [7, 11) is 0. The molecule has 3 nitrogen and oxygen atoms in total. The molecule has 0 aliphatic carbocycles. The average molecular weight is 226 g/mol. The quantitative estimate of drug-likeness (QED) is 0.697. The van der Waals surface area contributed by atoms with Crippen molar-refractivity contribution in [2.45, 2.75) is 44.6 Å². The Labute approximate surface area is 99.5 Å². The van der Waals surface area contributed by atoms with E-state index in [0.29, 0.717) is 6.10 Å². The van der Waals surface area contributed by atoms with Crippen molar-refractivity contribution in [1.82, 2.24) is 10.2 Å². The molecule has 0 aromatic carbocycles. The monoisotopic (exact) mass is 226 g/mol. The van der Waals surface area contributed by atoms with Crippen molar-refractivity contribution >= 4 is 0 Å². The molecule has 94 valence electrons. The fraction of sp³-hybridized carbons (Fsp3) is 1.00. The van der Waals surface area contributed by atoms with E-state index in [9.17, 15) is 0 Å². The number of likely N-dealkylation sites (tertiary alicyclic amines) is 1. The van der Waals surface area contributed by atoms with Gasteiger partial charge in [0.05, 0.1) is 6.10 Å². The Bertz CT molecular complexity index is 175. The molecule has 0 radical (unpaired) electrons. The summed E-state index contributed by atoms with van der Waals surface area (Å²) in [6, 6.07) is 0. The second kappa shape index (κ2) is 7.25. The maximum atomic E-state index is 5.69. The molecule has 0 amide bonds.